The lowest BCUT2D eigenvalue weighted by Gasteiger charge is -2.13. The van der Waals surface area contributed by atoms with Gasteiger partial charge in [0.05, 0.1) is 11.1 Å². The van der Waals surface area contributed by atoms with Gasteiger partial charge >= 0.3 is 0 Å². The first-order valence-electron chi connectivity index (χ1n) is 7.15. The molecule has 8 heteroatoms. The van der Waals surface area contributed by atoms with Crippen LogP contribution in [0.2, 0.25) is 5.02 Å². The Labute approximate surface area is 147 Å². The molecule has 23 heavy (non-hydrogen) atoms. The molecule has 0 bridgehead atoms. The number of halogens is 2. The van der Waals surface area contributed by atoms with Crippen molar-refractivity contribution in [3.8, 4) is 5.75 Å². The first-order valence-corrected chi connectivity index (χ1v) is 8.75. The number of rotatable bonds is 3. The third kappa shape index (κ3) is 3.41. The molecular weight excluding hydrogens is 357 g/mol. The van der Waals surface area contributed by atoms with E-state index in [1.54, 1.807) is 0 Å². The van der Waals surface area contributed by atoms with E-state index in [0.29, 0.717) is 14.5 Å². The van der Waals surface area contributed by atoms with Gasteiger partial charge in [0.2, 0.25) is 4.80 Å². The van der Waals surface area contributed by atoms with Crippen LogP contribution >= 0.6 is 35.2 Å². The summed E-state index contributed by atoms with van der Waals surface area (Å²) in [4.78, 5) is 5.08. The van der Waals surface area contributed by atoms with Crippen LogP contribution in [0.1, 0.15) is 20.3 Å². The zero-order valence-corrected chi connectivity index (χ0v) is 15.0. The number of aromatic nitrogens is 2. The fourth-order valence-corrected chi connectivity index (χ4v) is 3.63. The van der Waals surface area contributed by atoms with Gasteiger partial charge in [-0.3, -0.25) is 4.68 Å². The summed E-state index contributed by atoms with van der Waals surface area (Å²) in [5.74, 6) is -0.0699. The smallest absolute Gasteiger partial charge is 0.208 e. The zero-order chi connectivity index (χ0) is 16.6. The van der Waals surface area contributed by atoms with Crippen LogP contribution in [0.15, 0.2) is 23.2 Å². The molecule has 0 atom stereocenters. The number of hydrogen-bond acceptors (Lipinski definition) is 4. The van der Waals surface area contributed by atoms with Crippen molar-refractivity contribution in [2.24, 2.45) is 4.99 Å². The van der Waals surface area contributed by atoms with E-state index >= 15 is 0 Å². The maximum Gasteiger partial charge on any atom is 0.208 e. The molecular formula is C15H15ClFN3OS2. The molecule has 0 amide bonds. The average Bonchev–Trinajstić information content (AvgIpc) is 2.81. The lowest BCUT2D eigenvalue weighted by atomic mass is 10.3. The van der Waals surface area contributed by atoms with Crippen LogP contribution in [-0.2, 0) is 6.54 Å². The van der Waals surface area contributed by atoms with Crippen molar-refractivity contribution in [1.29, 1.82) is 0 Å². The van der Waals surface area contributed by atoms with Gasteiger partial charge in [-0.05, 0) is 38.6 Å². The lowest BCUT2D eigenvalue weighted by Crippen LogP contribution is -2.22. The quantitative estimate of drug-likeness (QED) is 0.728. The largest absolute Gasteiger partial charge is 0.489 e. The highest BCUT2D eigenvalue weighted by Gasteiger charge is 2.12. The molecule has 1 aliphatic rings. The molecule has 2 heterocycles. The van der Waals surface area contributed by atoms with Crippen LogP contribution < -0.4 is 9.54 Å². The maximum atomic E-state index is 14.2. The topological polar surface area (TPSA) is 31.4 Å². The Hall–Kier alpha value is -1.44. The van der Waals surface area contributed by atoms with Crippen LogP contribution in [0.5, 0.6) is 5.75 Å². The van der Waals surface area contributed by atoms with Crippen LogP contribution in [0.25, 0.3) is 6.20 Å². The fourth-order valence-electron chi connectivity index (χ4n) is 2.22. The highest BCUT2D eigenvalue weighted by atomic mass is 35.5. The molecule has 1 aromatic carbocycles. The number of allylic oxidation sites excluding steroid dienone is 1. The number of hydrogen-bond donors (Lipinski definition) is 0. The lowest BCUT2D eigenvalue weighted by molar-refractivity contribution is 0.242. The van der Waals surface area contributed by atoms with Gasteiger partial charge in [-0.1, -0.05) is 29.0 Å². The molecule has 0 radical (unpaired) electrons. The molecule has 1 aromatic heterocycles. The Morgan fingerprint density at radius 2 is 2.22 bits per heavy atom. The fraction of sp³-hybridized carbons (Fsp3) is 0.333. The van der Waals surface area contributed by atoms with Crippen LogP contribution in [0.3, 0.4) is 0 Å². The van der Waals surface area contributed by atoms with Gasteiger partial charge in [0.25, 0.3) is 0 Å². The standard InChI is InChI=1S/C15H15ClFN3OS2/c1-9(2)21-13-8-12(11(17)7-10(13)16)18-14-19-5-3-4-6-20(19)15(22)23-14/h4,6-9H,3,5H2,1-2H3. The summed E-state index contributed by atoms with van der Waals surface area (Å²) in [5.41, 5.74) is 0.187. The Kier molecular flexibility index (Phi) is 4.70. The molecule has 0 spiro atoms. The minimum Gasteiger partial charge on any atom is -0.489 e. The summed E-state index contributed by atoms with van der Waals surface area (Å²) >= 11 is 12.7. The normalized spacial score (nSPS) is 14.4. The molecule has 122 valence electrons. The van der Waals surface area contributed by atoms with Gasteiger partial charge < -0.3 is 4.74 Å². The van der Waals surface area contributed by atoms with E-state index in [9.17, 15) is 4.39 Å². The monoisotopic (exact) mass is 371 g/mol. The number of ether oxygens (including phenoxy) is 1. The Morgan fingerprint density at radius 3 is 2.96 bits per heavy atom. The number of fused-ring (bicyclic) bond motifs is 1. The van der Waals surface area contributed by atoms with Crippen molar-refractivity contribution in [2.75, 3.05) is 0 Å². The summed E-state index contributed by atoms with van der Waals surface area (Å²) in [5, 5.41) is 0.234. The van der Waals surface area contributed by atoms with Crippen molar-refractivity contribution >= 4 is 47.0 Å². The van der Waals surface area contributed by atoms with Crippen molar-refractivity contribution in [1.82, 2.24) is 9.36 Å². The molecule has 0 saturated heterocycles. The molecule has 0 saturated carbocycles. The average molecular weight is 372 g/mol. The van der Waals surface area contributed by atoms with Crippen molar-refractivity contribution in [3.05, 3.63) is 37.8 Å². The zero-order valence-electron chi connectivity index (χ0n) is 12.6. The molecule has 0 N–H and O–H groups in total. The predicted octanol–water partition coefficient (Wildman–Crippen LogP) is 4.77. The number of nitrogens with zero attached hydrogens (tertiary/aromatic N) is 3. The van der Waals surface area contributed by atoms with E-state index in [2.05, 4.69) is 4.99 Å². The second kappa shape index (κ2) is 6.59. The van der Waals surface area contributed by atoms with Gasteiger partial charge in [0.15, 0.2) is 9.77 Å². The first kappa shape index (κ1) is 16.4. The van der Waals surface area contributed by atoms with E-state index < -0.39 is 5.82 Å². The molecule has 0 fully saturated rings. The van der Waals surface area contributed by atoms with E-state index in [-0.39, 0.29) is 16.8 Å². The van der Waals surface area contributed by atoms with Gasteiger partial charge in [-0.2, -0.15) is 0 Å². The van der Waals surface area contributed by atoms with E-state index in [4.69, 9.17) is 28.6 Å². The molecule has 0 aliphatic carbocycles. The van der Waals surface area contributed by atoms with Crippen LogP contribution in [-0.4, -0.2) is 15.5 Å². The summed E-state index contributed by atoms with van der Waals surface area (Å²) in [7, 11) is 0. The molecule has 1 aliphatic heterocycles. The Morgan fingerprint density at radius 1 is 1.43 bits per heavy atom. The van der Waals surface area contributed by atoms with Crippen LogP contribution in [0.4, 0.5) is 10.1 Å². The molecule has 2 aromatic rings. The SMILES string of the molecule is CC(C)Oc1cc(N=c2sc(=S)n3n2CCC=C3)c(F)cc1Cl. The highest BCUT2D eigenvalue weighted by Crippen LogP contribution is 2.32. The van der Waals surface area contributed by atoms with Crippen molar-refractivity contribution in [3.63, 3.8) is 0 Å². The second-order valence-electron chi connectivity index (χ2n) is 5.30. The minimum atomic E-state index is -0.490. The van der Waals surface area contributed by atoms with Gasteiger partial charge in [0, 0.05) is 18.8 Å². The Bertz CT molecular complexity index is 895. The predicted molar refractivity (Wildman–Crippen MR) is 93.5 cm³/mol. The van der Waals surface area contributed by atoms with Gasteiger partial charge in [-0.25, -0.2) is 14.1 Å². The van der Waals surface area contributed by atoms with Crippen LogP contribution in [0, 0.1) is 9.77 Å². The van der Waals surface area contributed by atoms with Crippen molar-refractivity contribution in [2.45, 2.75) is 32.9 Å². The number of benzene rings is 1. The molecule has 0 unspecified atom stereocenters. The minimum absolute atomic E-state index is 0.0605. The Balaban J connectivity index is 2.13. The van der Waals surface area contributed by atoms with E-state index in [0.717, 1.165) is 13.0 Å². The van der Waals surface area contributed by atoms with Gasteiger partial charge in [-0.15, -0.1) is 0 Å². The molecule has 4 nitrogen and oxygen atoms in total. The summed E-state index contributed by atoms with van der Waals surface area (Å²) in [6, 6.07) is 2.75. The first-order chi connectivity index (χ1) is 11.0. The van der Waals surface area contributed by atoms with Crippen molar-refractivity contribution < 1.29 is 9.13 Å². The van der Waals surface area contributed by atoms with E-state index in [1.807, 2.05) is 35.5 Å². The third-order valence-electron chi connectivity index (χ3n) is 3.18. The third-order valence-corrected chi connectivity index (χ3v) is 4.76. The van der Waals surface area contributed by atoms with Gasteiger partial charge in [0.1, 0.15) is 11.4 Å². The summed E-state index contributed by atoms with van der Waals surface area (Å²) in [6.45, 7) is 4.52. The highest BCUT2D eigenvalue weighted by molar-refractivity contribution is 7.73. The molecule has 3 rings (SSSR count). The summed E-state index contributed by atoms with van der Waals surface area (Å²) < 4.78 is 24.3. The second-order valence-corrected chi connectivity index (χ2v) is 7.31. The maximum absolute atomic E-state index is 14.2. The summed E-state index contributed by atoms with van der Waals surface area (Å²) in [6.07, 6.45) is 4.79. The van der Waals surface area contributed by atoms with E-state index in [1.165, 1.54) is 23.5 Å².